The Bertz CT molecular complexity index is 1670. The minimum Gasteiger partial charge on any atom is -0.484 e. The first-order chi connectivity index (χ1) is 22.2. The lowest BCUT2D eigenvalue weighted by molar-refractivity contribution is -0.143. The molecule has 1 atom stereocenters. The maximum atomic E-state index is 13.8. The lowest BCUT2D eigenvalue weighted by Crippen LogP contribution is -2.45. The molecular formula is C34H35F2N3O6S. The quantitative estimate of drug-likeness (QED) is 0.156. The van der Waals surface area contributed by atoms with Gasteiger partial charge in [0.25, 0.3) is 15.9 Å². The van der Waals surface area contributed by atoms with Crippen LogP contribution in [0.25, 0.3) is 0 Å². The highest BCUT2D eigenvalue weighted by molar-refractivity contribution is 7.92. The Labute approximate surface area is 267 Å². The fourth-order valence-electron chi connectivity index (χ4n) is 4.52. The number of rotatable bonds is 16. The predicted octanol–water partition coefficient (Wildman–Crippen LogP) is 5.46. The van der Waals surface area contributed by atoms with Crippen LogP contribution in [0.3, 0.4) is 0 Å². The molecule has 0 heterocycles. The number of nitrogens with one attached hydrogen (secondary N) is 2. The Kier molecular flexibility index (Phi) is 12.2. The fraction of sp³-hybridized carbons (Fsp3) is 0.235. The minimum atomic E-state index is -3.97. The van der Waals surface area contributed by atoms with Gasteiger partial charge in [-0.25, -0.2) is 17.2 Å². The zero-order valence-corrected chi connectivity index (χ0v) is 26.0. The molecule has 0 aromatic heterocycles. The van der Waals surface area contributed by atoms with Crippen molar-refractivity contribution in [1.29, 1.82) is 0 Å². The maximum Gasteiger partial charge on any atom is 0.261 e. The molecule has 0 bridgehead atoms. The van der Waals surface area contributed by atoms with Crippen LogP contribution in [0, 0.1) is 11.6 Å². The standard InChI is InChI=1S/C34H35F2N3O6S/c1-2-44-22-6-21-37-34(41)33(26-7-4-3-5-8-26)39(23-25-9-11-27(35)12-10-25)32(40)24-45-30-17-19-31(20-18-30)46(42,43)38-29-15-13-28(36)14-16-29/h3-5,7-20,33,38H,2,6,21-24H2,1H3,(H,37,41)/t33-/m1/s1. The summed E-state index contributed by atoms with van der Waals surface area (Å²) in [4.78, 5) is 28.7. The molecule has 9 nitrogen and oxygen atoms in total. The van der Waals surface area contributed by atoms with E-state index in [0.717, 1.165) is 12.1 Å². The summed E-state index contributed by atoms with van der Waals surface area (Å²) >= 11 is 0. The first-order valence-electron chi connectivity index (χ1n) is 14.6. The zero-order chi connectivity index (χ0) is 32.9. The molecule has 0 spiro atoms. The number of ether oxygens (including phenoxy) is 2. The van der Waals surface area contributed by atoms with Crippen molar-refractivity contribution in [3.05, 3.63) is 126 Å². The van der Waals surface area contributed by atoms with E-state index in [0.29, 0.717) is 37.3 Å². The topological polar surface area (TPSA) is 114 Å². The highest BCUT2D eigenvalue weighted by atomic mass is 32.2. The number of carbonyl (C=O) groups is 2. The first kappa shape index (κ1) is 34.1. The van der Waals surface area contributed by atoms with E-state index in [-0.39, 0.29) is 22.9 Å². The van der Waals surface area contributed by atoms with Gasteiger partial charge < -0.3 is 19.7 Å². The SMILES string of the molecule is CCOCCCNC(=O)[C@@H](c1ccccc1)N(Cc1ccc(F)cc1)C(=O)COc1ccc(S(=O)(=O)Nc2ccc(F)cc2)cc1. The van der Waals surface area contributed by atoms with Crippen molar-refractivity contribution in [1.82, 2.24) is 10.2 Å². The molecule has 12 heteroatoms. The van der Waals surface area contributed by atoms with Crippen LogP contribution in [0.4, 0.5) is 14.5 Å². The lowest BCUT2D eigenvalue weighted by Gasteiger charge is -2.31. The Balaban J connectivity index is 1.52. The third-order valence-electron chi connectivity index (χ3n) is 6.82. The van der Waals surface area contributed by atoms with E-state index in [1.807, 2.05) is 6.92 Å². The summed E-state index contributed by atoms with van der Waals surface area (Å²) in [7, 11) is -3.97. The van der Waals surface area contributed by atoms with Gasteiger partial charge in [0, 0.05) is 32.0 Å². The monoisotopic (exact) mass is 651 g/mol. The van der Waals surface area contributed by atoms with Gasteiger partial charge >= 0.3 is 0 Å². The average Bonchev–Trinajstić information content (AvgIpc) is 3.06. The van der Waals surface area contributed by atoms with Crippen LogP contribution in [-0.2, 0) is 30.9 Å². The third-order valence-corrected chi connectivity index (χ3v) is 8.22. The lowest BCUT2D eigenvalue weighted by atomic mass is 10.0. The molecule has 2 N–H and O–H groups in total. The van der Waals surface area contributed by atoms with Crippen molar-refractivity contribution in [2.24, 2.45) is 0 Å². The van der Waals surface area contributed by atoms with E-state index in [2.05, 4.69) is 10.0 Å². The van der Waals surface area contributed by atoms with Gasteiger partial charge in [0.2, 0.25) is 5.91 Å². The molecule has 2 amide bonds. The molecule has 0 aliphatic heterocycles. The molecule has 4 rings (SSSR count). The van der Waals surface area contributed by atoms with Gasteiger partial charge in [0.1, 0.15) is 23.4 Å². The molecular weight excluding hydrogens is 616 g/mol. The number of nitrogens with zero attached hydrogens (tertiary/aromatic N) is 1. The van der Waals surface area contributed by atoms with Crippen molar-refractivity contribution in [2.75, 3.05) is 31.1 Å². The number of halogens is 2. The number of sulfonamides is 1. The van der Waals surface area contributed by atoms with E-state index >= 15 is 0 Å². The Morgan fingerprint density at radius 1 is 0.848 bits per heavy atom. The Morgan fingerprint density at radius 3 is 2.11 bits per heavy atom. The van der Waals surface area contributed by atoms with Crippen LogP contribution in [0.5, 0.6) is 5.75 Å². The van der Waals surface area contributed by atoms with Gasteiger partial charge in [-0.05, 0) is 85.1 Å². The van der Waals surface area contributed by atoms with Crippen LogP contribution in [0.15, 0.2) is 108 Å². The summed E-state index contributed by atoms with van der Waals surface area (Å²) in [6.07, 6.45) is 0.585. The number of hydrogen-bond donors (Lipinski definition) is 2. The number of carbonyl (C=O) groups excluding carboxylic acids is 2. The molecule has 0 radical (unpaired) electrons. The van der Waals surface area contributed by atoms with Crippen molar-refractivity contribution >= 4 is 27.5 Å². The van der Waals surface area contributed by atoms with Crippen LogP contribution in [0.1, 0.15) is 30.5 Å². The smallest absolute Gasteiger partial charge is 0.261 e. The van der Waals surface area contributed by atoms with E-state index in [1.165, 1.54) is 65.6 Å². The van der Waals surface area contributed by atoms with E-state index in [1.54, 1.807) is 30.3 Å². The molecule has 0 saturated carbocycles. The number of anilines is 1. The highest BCUT2D eigenvalue weighted by Crippen LogP contribution is 2.25. The average molecular weight is 652 g/mol. The Hall–Kier alpha value is -4.81. The second-order valence-corrected chi connectivity index (χ2v) is 11.9. The van der Waals surface area contributed by atoms with Crippen molar-refractivity contribution in [3.63, 3.8) is 0 Å². The number of amides is 2. The highest BCUT2D eigenvalue weighted by Gasteiger charge is 2.32. The second-order valence-electron chi connectivity index (χ2n) is 10.2. The van der Waals surface area contributed by atoms with Gasteiger partial charge in [-0.2, -0.15) is 0 Å². The third kappa shape index (κ3) is 9.85. The van der Waals surface area contributed by atoms with Gasteiger partial charge in [0.05, 0.1) is 4.90 Å². The normalized spacial score (nSPS) is 11.8. The molecule has 4 aromatic carbocycles. The fourth-order valence-corrected chi connectivity index (χ4v) is 5.58. The molecule has 242 valence electrons. The van der Waals surface area contributed by atoms with Gasteiger partial charge in [-0.1, -0.05) is 42.5 Å². The molecule has 46 heavy (non-hydrogen) atoms. The zero-order valence-electron chi connectivity index (χ0n) is 25.2. The summed E-state index contributed by atoms with van der Waals surface area (Å²) in [5, 5.41) is 2.89. The van der Waals surface area contributed by atoms with E-state index in [9.17, 15) is 26.8 Å². The first-order valence-corrected chi connectivity index (χ1v) is 16.1. The number of benzene rings is 4. The molecule has 0 aliphatic rings. The molecule has 0 unspecified atom stereocenters. The maximum absolute atomic E-state index is 13.8. The summed E-state index contributed by atoms with van der Waals surface area (Å²) in [6, 6.07) is 23.7. The summed E-state index contributed by atoms with van der Waals surface area (Å²) in [5.74, 6) is -1.65. The van der Waals surface area contributed by atoms with Gasteiger partial charge in [-0.3, -0.25) is 14.3 Å². The van der Waals surface area contributed by atoms with Crippen molar-refractivity contribution in [3.8, 4) is 5.75 Å². The van der Waals surface area contributed by atoms with Crippen molar-refractivity contribution < 1.29 is 36.3 Å². The molecule has 0 aliphatic carbocycles. The molecule has 4 aromatic rings. The number of hydrogen-bond acceptors (Lipinski definition) is 6. The summed E-state index contributed by atoms with van der Waals surface area (Å²) in [5.41, 5.74) is 1.37. The molecule has 0 fully saturated rings. The predicted molar refractivity (Wildman–Crippen MR) is 169 cm³/mol. The van der Waals surface area contributed by atoms with E-state index in [4.69, 9.17) is 9.47 Å². The van der Waals surface area contributed by atoms with Crippen LogP contribution >= 0.6 is 0 Å². The van der Waals surface area contributed by atoms with Gasteiger partial charge in [0.15, 0.2) is 6.61 Å². The Morgan fingerprint density at radius 2 is 1.48 bits per heavy atom. The van der Waals surface area contributed by atoms with E-state index < -0.39 is 46.1 Å². The van der Waals surface area contributed by atoms with Crippen molar-refractivity contribution in [2.45, 2.75) is 30.8 Å². The second kappa shape index (κ2) is 16.5. The minimum absolute atomic E-state index is 0.0133. The summed E-state index contributed by atoms with van der Waals surface area (Å²) in [6.45, 7) is 2.77. The van der Waals surface area contributed by atoms with Crippen LogP contribution in [0.2, 0.25) is 0 Å². The van der Waals surface area contributed by atoms with Gasteiger partial charge in [-0.15, -0.1) is 0 Å². The van der Waals surface area contributed by atoms with Crippen LogP contribution < -0.4 is 14.8 Å². The largest absolute Gasteiger partial charge is 0.484 e. The molecule has 0 saturated heterocycles. The summed E-state index contributed by atoms with van der Waals surface area (Å²) < 4.78 is 65.9. The van der Waals surface area contributed by atoms with Crippen LogP contribution in [-0.4, -0.2) is 51.5 Å².